The number of hydrogen-bond acceptors (Lipinski definition) is 2. The van der Waals surface area contributed by atoms with Gasteiger partial charge in [-0.15, -0.1) is 0 Å². The molecule has 1 N–H and O–H groups in total. The molecule has 0 bridgehead atoms. The Morgan fingerprint density at radius 2 is 2.06 bits per heavy atom. The van der Waals surface area contributed by atoms with Crippen LogP contribution in [0.25, 0.3) is 0 Å². The Balaban J connectivity index is 2.43. The first-order chi connectivity index (χ1) is 8.43. The summed E-state index contributed by atoms with van der Waals surface area (Å²) in [5.74, 6) is 0. The predicted molar refractivity (Wildman–Crippen MR) is 63.1 cm³/mol. The lowest BCUT2D eigenvalue weighted by Crippen LogP contribution is -2.40. The van der Waals surface area contributed by atoms with Crippen LogP contribution in [0.15, 0.2) is 18.5 Å². The van der Waals surface area contributed by atoms with E-state index in [1.807, 2.05) is 6.92 Å². The topological polar surface area (TPSA) is 24.9 Å². The molecule has 18 heavy (non-hydrogen) atoms. The Morgan fingerprint density at radius 3 is 2.78 bits per heavy atom. The molecule has 0 aromatic carbocycles. The molecular weight excluding hydrogens is 241 g/mol. The van der Waals surface area contributed by atoms with Crippen LogP contribution in [0.3, 0.4) is 0 Å². The Hall–Kier alpha value is -1.10. The van der Waals surface area contributed by atoms with E-state index >= 15 is 0 Å². The van der Waals surface area contributed by atoms with E-state index in [1.54, 1.807) is 0 Å². The normalized spacial score (nSPS) is 25.8. The third kappa shape index (κ3) is 2.66. The van der Waals surface area contributed by atoms with Gasteiger partial charge in [-0.05, 0) is 32.4 Å². The minimum Gasteiger partial charge on any atom is -0.308 e. The Labute approximate surface area is 105 Å². The fourth-order valence-corrected chi connectivity index (χ4v) is 2.54. The molecule has 0 amide bonds. The molecule has 1 aliphatic heterocycles. The summed E-state index contributed by atoms with van der Waals surface area (Å²) in [6, 6.07) is 1.06. The number of aromatic nitrogens is 1. The van der Waals surface area contributed by atoms with Gasteiger partial charge < -0.3 is 5.32 Å². The van der Waals surface area contributed by atoms with Crippen molar-refractivity contribution in [3.63, 3.8) is 0 Å². The van der Waals surface area contributed by atoms with Crippen molar-refractivity contribution in [2.24, 2.45) is 0 Å². The van der Waals surface area contributed by atoms with Crippen LogP contribution >= 0.6 is 0 Å². The largest absolute Gasteiger partial charge is 0.416 e. The van der Waals surface area contributed by atoms with Gasteiger partial charge in [-0.25, -0.2) is 0 Å². The van der Waals surface area contributed by atoms with Crippen molar-refractivity contribution in [1.29, 1.82) is 0 Å². The fraction of sp³-hybridized carbons (Fsp3) is 0.615. The zero-order valence-electron chi connectivity index (χ0n) is 10.3. The molecule has 0 spiro atoms. The predicted octanol–water partition coefficient (Wildman–Crippen LogP) is 3.48. The molecule has 0 aliphatic carbocycles. The molecular formula is C13H17F3N2. The average molecular weight is 258 g/mol. The zero-order valence-corrected chi connectivity index (χ0v) is 10.3. The third-order valence-corrected chi connectivity index (χ3v) is 3.59. The molecule has 0 radical (unpaired) electrons. The van der Waals surface area contributed by atoms with Crippen LogP contribution in [0.5, 0.6) is 0 Å². The number of nitrogens with zero attached hydrogens (tertiary/aromatic N) is 1. The van der Waals surface area contributed by atoms with E-state index in [4.69, 9.17) is 0 Å². The number of alkyl halides is 3. The molecule has 100 valence electrons. The molecule has 1 aromatic rings. The molecule has 1 saturated heterocycles. The summed E-state index contributed by atoms with van der Waals surface area (Å²) in [6.07, 6.45) is 1.95. The van der Waals surface area contributed by atoms with Gasteiger partial charge in [-0.2, -0.15) is 13.2 Å². The minimum atomic E-state index is -4.32. The first kappa shape index (κ1) is 13.3. The van der Waals surface area contributed by atoms with Gasteiger partial charge in [0.05, 0.1) is 5.56 Å². The minimum absolute atomic E-state index is 0.263. The van der Waals surface area contributed by atoms with Gasteiger partial charge >= 0.3 is 6.18 Å². The first-order valence-corrected chi connectivity index (χ1v) is 6.20. The molecule has 1 aromatic heterocycles. The van der Waals surface area contributed by atoms with Gasteiger partial charge in [0.1, 0.15) is 0 Å². The zero-order chi connectivity index (χ0) is 13.2. The highest BCUT2D eigenvalue weighted by Crippen LogP contribution is 2.38. The van der Waals surface area contributed by atoms with Crippen molar-refractivity contribution >= 4 is 0 Å². The van der Waals surface area contributed by atoms with Gasteiger partial charge in [0.25, 0.3) is 0 Å². The molecule has 1 unspecified atom stereocenters. The number of rotatable bonds is 1. The second-order valence-corrected chi connectivity index (χ2v) is 4.99. The summed E-state index contributed by atoms with van der Waals surface area (Å²) < 4.78 is 39.1. The van der Waals surface area contributed by atoms with E-state index in [9.17, 15) is 13.2 Å². The van der Waals surface area contributed by atoms with Crippen molar-refractivity contribution in [1.82, 2.24) is 10.3 Å². The summed E-state index contributed by atoms with van der Waals surface area (Å²) >= 11 is 0. The van der Waals surface area contributed by atoms with Crippen LogP contribution < -0.4 is 5.32 Å². The first-order valence-electron chi connectivity index (χ1n) is 6.20. The number of halogens is 3. The maximum absolute atomic E-state index is 13.0. The van der Waals surface area contributed by atoms with Gasteiger partial charge in [0.2, 0.25) is 0 Å². The Morgan fingerprint density at radius 1 is 1.28 bits per heavy atom. The van der Waals surface area contributed by atoms with Crippen LogP contribution in [0.2, 0.25) is 0 Å². The summed E-state index contributed by atoms with van der Waals surface area (Å²) in [5, 5.41) is 3.25. The van der Waals surface area contributed by atoms with E-state index in [1.165, 1.54) is 12.4 Å². The lowest BCUT2D eigenvalue weighted by Gasteiger charge is -2.32. The monoisotopic (exact) mass is 258 g/mol. The van der Waals surface area contributed by atoms with Crippen LogP contribution in [0.4, 0.5) is 13.2 Å². The van der Waals surface area contributed by atoms with Gasteiger partial charge in [0, 0.05) is 23.5 Å². The number of nitrogens with one attached hydrogen (secondary N) is 1. The van der Waals surface area contributed by atoms with E-state index in [0.717, 1.165) is 31.9 Å². The highest BCUT2D eigenvalue weighted by atomic mass is 19.4. The quantitative estimate of drug-likeness (QED) is 0.834. The summed E-state index contributed by atoms with van der Waals surface area (Å²) in [6.45, 7) is 2.59. The van der Waals surface area contributed by atoms with Gasteiger partial charge in [0.15, 0.2) is 0 Å². The standard InChI is InChI=1S/C13H17F3N2/c1-12(6-3-2-4-7-18-12)11-9-17-8-5-10(11)13(14,15)16/h5,8-9,18H,2-4,6-7H2,1H3. The smallest absolute Gasteiger partial charge is 0.308 e. The number of pyridine rings is 1. The lowest BCUT2D eigenvalue weighted by atomic mass is 9.85. The maximum Gasteiger partial charge on any atom is 0.416 e. The van der Waals surface area contributed by atoms with Gasteiger partial charge in [-0.1, -0.05) is 12.8 Å². The van der Waals surface area contributed by atoms with E-state index in [0.29, 0.717) is 6.42 Å². The summed E-state index contributed by atoms with van der Waals surface area (Å²) in [7, 11) is 0. The Bertz CT molecular complexity index is 407. The number of hydrogen-bond donors (Lipinski definition) is 1. The molecule has 2 heterocycles. The van der Waals surface area contributed by atoms with Crippen molar-refractivity contribution < 1.29 is 13.2 Å². The highest BCUT2D eigenvalue weighted by molar-refractivity contribution is 5.32. The van der Waals surface area contributed by atoms with Crippen LogP contribution in [-0.4, -0.2) is 11.5 Å². The van der Waals surface area contributed by atoms with Crippen molar-refractivity contribution in [2.45, 2.75) is 44.3 Å². The van der Waals surface area contributed by atoms with Crippen LogP contribution in [-0.2, 0) is 11.7 Å². The average Bonchev–Trinajstić information content (AvgIpc) is 2.54. The Kier molecular flexibility index (Phi) is 3.61. The second-order valence-electron chi connectivity index (χ2n) is 4.99. The van der Waals surface area contributed by atoms with E-state index in [2.05, 4.69) is 10.3 Å². The lowest BCUT2D eigenvalue weighted by molar-refractivity contribution is -0.139. The summed E-state index contributed by atoms with van der Waals surface area (Å²) in [5.41, 5.74) is -0.941. The maximum atomic E-state index is 13.0. The highest BCUT2D eigenvalue weighted by Gasteiger charge is 2.39. The molecule has 1 aliphatic rings. The van der Waals surface area contributed by atoms with Crippen molar-refractivity contribution in [3.05, 3.63) is 29.6 Å². The molecule has 5 heteroatoms. The van der Waals surface area contributed by atoms with Crippen molar-refractivity contribution in [3.8, 4) is 0 Å². The molecule has 2 nitrogen and oxygen atoms in total. The molecule has 0 saturated carbocycles. The fourth-order valence-electron chi connectivity index (χ4n) is 2.54. The second kappa shape index (κ2) is 4.88. The van der Waals surface area contributed by atoms with Crippen LogP contribution in [0.1, 0.15) is 43.7 Å². The van der Waals surface area contributed by atoms with Crippen LogP contribution in [0, 0.1) is 0 Å². The third-order valence-electron chi connectivity index (χ3n) is 3.59. The van der Waals surface area contributed by atoms with Gasteiger partial charge in [-0.3, -0.25) is 4.98 Å². The summed E-state index contributed by atoms with van der Waals surface area (Å²) in [4.78, 5) is 3.87. The van der Waals surface area contributed by atoms with Crippen molar-refractivity contribution in [2.75, 3.05) is 6.54 Å². The van der Waals surface area contributed by atoms with E-state index in [-0.39, 0.29) is 5.56 Å². The SMILES string of the molecule is CC1(c2cnccc2C(F)(F)F)CCCCCN1. The molecule has 2 rings (SSSR count). The molecule has 1 fully saturated rings. The molecule has 1 atom stereocenters. The van der Waals surface area contributed by atoms with E-state index < -0.39 is 17.3 Å².